The molecule has 1 saturated carbocycles. The van der Waals surface area contributed by atoms with Crippen LogP contribution < -0.4 is 5.73 Å². The summed E-state index contributed by atoms with van der Waals surface area (Å²) < 4.78 is 0. The Bertz CT molecular complexity index is 537. The van der Waals surface area contributed by atoms with Crippen molar-refractivity contribution in [3.05, 3.63) is 28.8 Å². The molecular formula is C19H29NO. The van der Waals surface area contributed by atoms with E-state index in [1.165, 1.54) is 42.4 Å². The first-order valence-corrected chi connectivity index (χ1v) is 8.55. The van der Waals surface area contributed by atoms with Gasteiger partial charge in [-0.1, -0.05) is 40.0 Å². The molecule has 116 valence electrons. The van der Waals surface area contributed by atoms with Crippen molar-refractivity contribution in [1.29, 1.82) is 0 Å². The van der Waals surface area contributed by atoms with Crippen LogP contribution in [0.25, 0.3) is 0 Å². The fraction of sp³-hybridized carbons (Fsp3) is 0.684. The summed E-state index contributed by atoms with van der Waals surface area (Å²) in [7, 11) is 0. The Labute approximate surface area is 128 Å². The standard InChI is InChI=1S/C19H29NO/c1-12(2)15-10-14(21)11-17-16(15)9-13-7-5-4-6-8-19(17,3)18(13)20/h10-13,18,21H,4-9,20H2,1-3H3. The molecule has 0 aromatic heterocycles. The summed E-state index contributed by atoms with van der Waals surface area (Å²) in [6.45, 7) is 6.78. The first kappa shape index (κ1) is 14.9. The van der Waals surface area contributed by atoms with Crippen LogP contribution in [0.5, 0.6) is 5.75 Å². The van der Waals surface area contributed by atoms with Crippen molar-refractivity contribution in [2.24, 2.45) is 11.7 Å². The van der Waals surface area contributed by atoms with E-state index in [1.807, 2.05) is 12.1 Å². The van der Waals surface area contributed by atoms with Crippen molar-refractivity contribution in [2.45, 2.75) is 76.7 Å². The lowest BCUT2D eigenvalue weighted by Crippen LogP contribution is -2.53. The number of phenols is 1. The molecule has 2 aliphatic carbocycles. The molecule has 0 aliphatic heterocycles. The number of hydrogen-bond donors (Lipinski definition) is 2. The number of benzene rings is 1. The van der Waals surface area contributed by atoms with Crippen molar-refractivity contribution in [1.82, 2.24) is 0 Å². The lowest BCUT2D eigenvalue weighted by atomic mass is 9.59. The molecule has 1 aromatic carbocycles. The Morgan fingerprint density at radius 3 is 2.71 bits per heavy atom. The van der Waals surface area contributed by atoms with E-state index in [1.54, 1.807) is 0 Å². The van der Waals surface area contributed by atoms with Crippen LogP contribution >= 0.6 is 0 Å². The van der Waals surface area contributed by atoms with E-state index in [9.17, 15) is 5.11 Å². The maximum Gasteiger partial charge on any atom is 0.116 e. The number of fused-ring (bicyclic) bond motifs is 4. The number of aromatic hydroxyl groups is 1. The number of phenolic OH excluding ortho intramolecular Hbond substituents is 1. The molecule has 0 heterocycles. The molecule has 3 unspecified atom stereocenters. The van der Waals surface area contributed by atoms with E-state index in [4.69, 9.17) is 5.73 Å². The number of rotatable bonds is 1. The van der Waals surface area contributed by atoms with E-state index in [0.29, 0.717) is 17.6 Å². The highest BCUT2D eigenvalue weighted by molar-refractivity contribution is 5.49. The third-order valence-electron chi connectivity index (χ3n) is 5.99. The maximum atomic E-state index is 10.2. The molecule has 2 heteroatoms. The van der Waals surface area contributed by atoms with Gasteiger partial charge < -0.3 is 10.8 Å². The second-order valence-electron chi connectivity index (χ2n) is 7.72. The van der Waals surface area contributed by atoms with E-state index in [0.717, 1.165) is 12.8 Å². The highest BCUT2D eigenvalue weighted by Gasteiger charge is 2.44. The van der Waals surface area contributed by atoms with Crippen LogP contribution in [0.3, 0.4) is 0 Å². The van der Waals surface area contributed by atoms with Gasteiger partial charge in [-0.2, -0.15) is 0 Å². The fourth-order valence-electron chi connectivity index (χ4n) is 4.68. The molecule has 0 spiro atoms. The zero-order valence-corrected chi connectivity index (χ0v) is 13.7. The van der Waals surface area contributed by atoms with Crippen LogP contribution in [0.15, 0.2) is 12.1 Å². The van der Waals surface area contributed by atoms with Gasteiger partial charge in [-0.25, -0.2) is 0 Å². The number of hydrogen-bond acceptors (Lipinski definition) is 2. The lowest BCUT2D eigenvalue weighted by molar-refractivity contribution is 0.200. The predicted molar refractivity (Wildman–Crippen MR) is 87.8 cm³/mol. The van der Waals surface area contributed by atoms with Gasteiger partial charge in [0, 0.05) is 11.5 Å². The van der Waals surface area contributed by atoms with Crippen LogP contribution in [0.2, 0.25) is 0 Å². The van der Waals surface area contributed by atoms with Crippen LogP contribution in [0.4, 0.5) is 0 Å². The van der Waals surface area contributed by atoms with Gasteiger partial charge in [-0.3, -0.25) is 0 Å². The van der Waals surface area contributed by atoms with Gasteiger partial charge in [0.25, 0.3) is 0 Å². The summed E-state index contributed by atoms with van der Waals surface area (Å²) >= 11 is 0. The van der Waals surface area contributed by atoms with Crippen molar-refractivity contribution in [2.75, 3.05) is 0 Å². The third-order valence-corrected chi connectivity index (χ3v) is 5.99. The molecule has 2 bridgehead atoms. The van der Waals surface area contributed by atoms with Gasteiger partial charge in [-0.15, -0.1) is 0 Å². The van der Waals surface area contributed by atoms with Crippen molar-refractivity contribution < 1.29 is 5.11 Å². The molecule has 0 amide bonds. The summed E-state index contributed by atoms with van der Waals surface area (Å²) in [6.07, 6.45) is 7.40. The third kappa shape index (κ3) is 2.38. The summed E-state index contributed by atoms with van der Waals surface area (Å²) in [5.41, 5.74) is 10.9. The normalized spacial score (nSPS) is 32.4. The molecule has 1 fully saturated rings. The minimum absolute atomic E-state index is 0.0288. The van der Waals surface area contributed by atoms with Gasteiger partial charge in [0.2, 0.25) is 0 Å². The minimum atomic E-state index is 0.0288. The molecule has 21 heavy (non-hydrogen) atoms. The van der Waals surface area contributed by atoms with Gasteiger partial charge in [0.05, 0.1) is 0 Å². The maximum absolute atomic E-state index is 10.2. The first-order valence-electron chi connectivity index (χ1n) is 8.55. The Balaban J connectivity index is 2.19. The van der Waals surface area contributed by atoms with Gasteiger partial charge >= 0.3 is 0 Å². The average molecular weight is 287 g/mol. The zero-order chi connectivity index (χ0) is 15.2. The predicted octanol–water partition coefficient (Wildman–Crippen LogP) is 4.24. The molecule has 2 aliphatic rings. The minimum Gasteiger partial charge on any atom is -0.508 e. The topological polar surface area (TPSA) is 46.2 Å². The monoisotopic (exact) mass is 287 g/mol. The van der Waals surface area contributed by atoms with Crippen molar-refractivity contribution in [3.8, 4) is 5.75 Å². The zero-order valence-electron chi connectivity index (χ0n) is 13.7. The molecule has 3 rings (SSSR count). The molecule has 1 aromatic rings. The van der Waals surface area contributed by atoms with E-state index < -0.39 is 0 Å². The van der Waals surface area contributed by atoms with E-state index in [-0.39, 0.29) is 11.5 Å². The Kier molecular flexibility index (Phi) is 3.77. The van der Waals surface area contributed by atoms with Crippen molar-refractivity contribution >= 4 is 0 Å². The largest absolute Gasteiger partial charge is 0.508 e. The van der Waals surface area contributed by atoms with Gasteiger partial charge in [0.15, 0.2) is 0 Å². The number of nitrogens with two attached hydrogens (primary N) is 1. The average Bonchev–Trinajstić information content (AvgIpc) is 2.43. The van der Waals surface area contributed by atoms with Crippen LogP contribution in [-0.2, 0) is 11.8 Å². The molecular weight excluding hydrogens is 258 g/mol. The quantitative estimate of drug-likeness (QED) is 0.811. The van der Waals surface area contributed by atoms with Crippen LogP contribution in [0.1, 0.15) is 75.5 Å². The second kappa shape index (κ2) is 5.31. The molecule has 2 nitrogen and oxygen atoms in total. The highest BCUT2D eigenvalue weighted by atomic mass is 16.3. The Morgan fingerprint density at radius 1 is 1.24 bits per heavy atom. The highest BCUT2D eigenvalue weighted by Crippen LogP contribution is 2.48. The van der Waals surface area contributed by atoms with E-state index >= 15 is 0 Å². The smallest absolute Gasteiger partial charge is 0.116 e. The summed E-state index contributed by atoms with van der Waals surface area (Å²) in [4.78, 5) is 0. The van der Waals surface area contributed by atoms with Crippen LogP contribution in [0, 0.1) is 5.92 Å². The SMILES string of the molecule is CC(C)c1cc(O)cc2c1CC1CCCCCC2(C)C1N. The summed E-state index contributed by atoms with van der Waals surface area (Å²) in [6, 6.07) is 4.20. The van der Waals surface area contributed by atoms with Gasteiger partial charge in [-0.05, 0) is 59.9 Å². The molecule has 0 radical (unpaired) electrons. The molecule has 3 atom stereocenters. The summed E-state index contributed by atoms with van der Waals surface area (Å²) in [5.74, 6) is 1.46. The van der Waals surface area contributed by atoms with Crippen molar-refractivity contribution in [3.63, 3.8) is 0 Å². The first-order chi connectivity index (χ1) is 9.93. The Morgan fingerprint density at radius 2 is 2.00 bits per heavy atom. The Hall–Kier alpha value is -1.02. The molecule has 3 N–H and O–H groups in total. The van der Waals surface area contributed by atoms with Gasteiger partial charge in [0.1, 0.15) is 5.75 Å². The van der Waals surface area contributed by atoms with Crippen LogP contribution in [-0.4, -0.2) is 11.1 Å². The van der Waals surface area contributed by atoms with E-state index in [2.05, 4.69) is 20.8 Å². The second-order valence-corrected chi connectivity index (χ2v) is 7.72. The lowest BCUT2D eigenvalue weighted by Gasteiger charge is -2.48. The molecule has 0 saturated heterocycles. The fourth-order valence-corrected chi connectivity index (χ4v) is 4.68. The summed E-state index contributed by atoms with van der Waals surface area (Å²) in [5, 5.41) is 10.2.